The van der Waals surface area contributed by atoms with Crippen LogP contribution in [0.25, 0.3) is 0 Å². The summed E-state index contributed by atoms with van der Waals surface area (Å²) in [6.45, 7) is 3.78. The van der Waals surface area contributed by atoms with Gasteiger partial charge in [0.15, 0.2) is 0 Å². The van der Waals surface area contributed by atoms with Crippen LogP contribution in [0.1, 0.15) is 24.2 Å². The summed E-state index contributed by atoms with van der Waals surface area (Å²) in [7, 11) is 1.59. The van der Waals surface area contributed by atoms with Gasteiger partial charge in [-0.15, -0.1) is 0 Å². The van der Waals surface area contributed by atoms with Gasteiger partial charge in [-0.05, 0) is 38.1 Å². The first-order valence-electron chi connectivity index (χ1n) is 6.37. The zero-order valence-electron chi connectivity index (χ0n) is 11.6. The van der Waals surface area contributed by atoms with E-state index in [0.717, 1.165) is 5.69 Å². The number of nitrogens with zero attached hydrogens (tertiary/aromatic N) is 1. The molecule has 5 nitrogen and oxygen atoms in total. The minimum atomic E-state index is -0.136. The van der Waals surface area contributed by atoms with Gasteiger partial charge in [-0.1, -0.05) is 0 Å². The molecule has 0 fully saturated rings. The molecule has 106 valence electrons. The Bertz CT molecular complexity index is 396. The molecule has 19 heavy (non-hydrogen) atoms. The number of carbonyl (C=O) groups is 1. The molecule has 0 saturated heterocycles. The van der Waals surface area contributed by atoms with Gasteiger partial charge >= 0.3 is 0 Å². The molecular weight excluding hydrogens is 244 g/mol. The predicted octanol–water partition coefficient (Wildman–Crippen LogP) is 0.614. The summed E-state index contributed by atoms with van der Waals surface area (Å²) >= 11 is 0. The van der Waals surface area contributed by atoms with Crippen molar-refractivity contribution in [2.24, 2.45) is 0 Å². The Morgan fingerprint density at radius 1 is 1.16 bits per heavy atom. The SMILES string of the molecule is CNC(=O)c1ccc(N(C(C)CO)C(C)CO)cc1. The normalized spacial score (nSPS) is 13.7. The van der Waals surface area contributed by atoms with Gasteiger partial charge in [0.05, 0.1) is 13.2 Å². The lowest BCUT2D eigenvalue weighted by atomic mass is 10.1. The molecular formula is C14H22N2O3. The Morgan fingerprint density at radius 3 is 2.00 bits per heavy atom. The number of anilines is 1. The highest BCUT2D eigenvalue weighted by atomic mass is 16.3. The number of hydrogen-bond acceptors (Lipinski definition) is 4. The van der Waals surface area contributed by atoms with Crippen LogP contribution in [0.4, 0.5) is 5.69 Å². The zero-order chi connectivity index (χ0) is 14.4. The van der Waals surface area contributed by atoms with E-state index in [1.54, 1.807) is 19.2 Å². The van der Waals surface area contributed by atoms with E-state index in [2.05, 4.69) is 5.32 Å². The highest BCUT2D eigenvalue weighted by Gasteiger charge is 2.19. The molecule has 3 N–H and O–H groups in total. The maximum Gasteiger partial charge on any atom is 0.251 e. The molecule has 2 atom stereocenters. The number of nitrogens with one attached hydrogen (secondary N) is 1. The molecule has 1 aromatic rings. The molecule has 0 bridgehead atoms. The van der Waals surface area contributed by atoms with E-state index >= 15 is 0 Å². The minimum absolute atomic E-state index is 0.00153. The van der Waals surface area contributed by atoms with Gasteiger partial charge in [0.1, 0.15) is 0 Å². The van der Waals surface area contributed by atoms with Gasteiger partial charge in [-0.25, -0.2) is 0 Å². The fraction of sp³-hybridized carbons (Fsp3) is 0.500. The van der Waals surface area contributed by atoms with Crippen LogP contribution in [0, 0.1) is 0 Å². The van der Waals surface area contributed by atoms with Crippen LogP contribution in [0.3, 0.4) is 0 Å². The van der Waals surface area contributed by atoms with E-state index < -0.39 is 0 Å². The second kappa shape index (κ2) is 7.11. The van der Waals surface area contributed by atoms with Crippen molar-refractivity contribution in [3.8, 4) is 0 Å². The van der Waals surface area contributed by atoms with Crippen molar-refractivity contribution < 1.29 is 15.0 Å². The molecule has 1 rings (SSSR count). The largest absolute Gasteiger partial charge is 0.394 e. The molecule has 0 aromatic heterocycles. The van der Waals surface area contributed by atoms with Gasteiger partial charge in [0.2, 0.25) is 0 Å². The van der Waals surface area contributed by atoms with Crippen LogP contribution < -0.4 is 10.2 Å². The lowest BCUT2D eigenvalue weighted by Crippen LogP contribution is -2.44. The second-order valence-corrected chi connectivity index (χ2v) is 4.60. The van der Waals surface area contributed by atoms with E-state index in [-0.39, 0.29) is 31.2 Å². The molecule has 0 radical (unpaired) electrons. The maximum absolute atomic E-state index is 11.5. The number of rotatable bonds is 6. The molecule has 0 aliphatic rings. The third-order valence-corrected chi connectivity index (χ3v) is 3.13. The first-order chi connectivity index (χ1) is 9.04. The van der Waals surface area contributed by atoms with Crippen LogP contribution in [-0.4, -0.2) is 48.5 Å². The van der Waals surface area contributed by atoms with Gasteiger partial charge in [-0.2, -0.15) is 0 Å². The average molecular weight is 266 g/mol. The zero-order valence-corrected chi connectivity index (χ0v) is 11.6. The first-order valence-corrected chi connectivity index (χ1v) is 6.37. The second-order valence-electron chi connectivity index (χ2n) is 4.60. The smallest absolute Gasteiger partial charge is 0.251 e. The summed E-state index contributed by atoms with van der Waals surface area (Å²) in [5, 5.41) is 21.2. The molecule has 0 aliphatic heterocycles. The van der Waals surface area contributed by atoms with Crippen molar-refractivity contribution in [2.45, 2.75) is 25.9 Å². The minimum Gasteiger partial charge on any atom is -0.394 e. The van der Waals surface area contributed by atoms with Crippen molar-refractivity contribution in [3.05, 3.63) is 29.8 Å². The van der Waals surface area contributed by atoms with E-state index in [1.165, 1.54) is 0 Å². The summed E-state index contributed by atoms with van der Waals surface area (Å²) in [6.07, 6.45) is 0. The Balaban J connectivity index is 3.00. The summed E-state index contributed by atoms with van der Waals surface area (Å²) in [5.41, 5.74) is 1.45. The summed E-state index contributed by atoms with van der Waals surface area (Å²) in [6, 6.07) is 6.90. The molecule has 0 spiro atoms. The third kappa shape index (κ3) is 3.68. The van der Waals surface area contributed by atoms with Crippen LogP contribution in [0.5, 0.6) is 0 Å². The number of hydrogen-bond donors (Lipinski definition) is 3. The summed E-state index contributed by atoms with van der Waals surface area (Å²) in [5.74, 6) is -0.136. The monoisotopic (exact) mass is 266 g/mol. The predicted molar refractivity (Wildman–Crippen MR) is 75.4 cm³/mol. The van der Waals surface area contributed by atoms with Gasteiger partial charge in [0, 0.05) is 30.4 Å². The van der Waals surface area contributed by atoms with Gasteiger partial charge in [-0.3, -0.25) is 4.79 Å². The number of amides is 1. The lowest BCUT2D eigenvalue weighted by molar-refractivity contribution is 0.0963. The number of aliphatic hydroxyl groups is 2. The highest BCUT2D eigenvalue weighted by molar-refractivity contribution is 5.94. The fourth-order valence-corrected chi connectivity index (χ4v) is 2.05. The van der Waals surface area contributed by atoms with E-state index in [0.29, 0.717) is 5.56 Å². The molecule has 0 saturated carbocycles. The third-order valence-electron chi connectivity index (χ3n) is 3.13. The Kier molecular flexibility index (Phi) is 5.79. The van der Waals surface area contributed by atoms with Crippen molar-refractivity contribution in [2.75, 3.05) is 25.2 Å². The first kappa shape index (κ1) is 15.5. The lowest BCUT2D eigenvalue weighted by Gasteiger charge is -2.35. The number of aliphatic hydroxyl groups excluding tert-OH is 2. The average Bonchev–Trinajstić information content (AvgIpc) is 2.46. The highest BCUT2D eigenvalue weighted by Crippen LogP contribution is 2.20. The van der Waals surface area contributed by atoms with Crippen LogP contribution in [0.2, 0.25) is 0 Å². The van der Waals surface area contributed by atoms with Crippen LogP contribution >= 0.6 is 0 Å². The topological polar surface area (TPSA) is 72.8 Å². The molecule has 5 heteroatoms. The van der Waals surface area contributed by atoms with Crippen molar-refractivity contribution >= 4 is 11.6 Å². The Hall–Kier alpha value is -1.59. The molecule has 0 heterocycles. The Morgan fingerprint density at radius 2 is 1.63 bits per heavy atom. The van der Waals surface area contributed by atoms with Crippen molar-refractivity contribution in [3.63, 3.8) is 0 Å². The maximum atomic E-state index is 11.5. The molecule has 0 aliphatic carbocycles. The number of carbonyl (C=O) groups excluding carboxylic acids is 1. The van der Waals surface area contributed by atoms with Crippen LogP contribution in [-0.2, 0) is 0 Å². The summed E-state index contributed by atoms with van der Waals surface area (Å²) in [4.78, 5) is 13.4. The van der Waals surface area contributed by atoms with Gasteiger partial charge < -0.3 is 20.4 Å². The molecule has 1 amide bonds. The van der Waals surface area contributed by atoms with Crippen LogP contribution in [0.15, 0.2) is 24.3 Å². The van der Waals surface area contributed by atoms with Crippen molar-refractivity contribution in [1.82, 2.24) is 5.32 Å². The fourth-order valence-electron chi connectivity index (χ4n) is 2.05. The Labute approximate surface area is 113 Å². The van der Waals surface area contributed by atoms with Crippen molar-refractivity contribution in [1.29, 1.82) is 0 Å². The quantitative estimate of drug-likeness (QED) is 0.705. The van der Waals surface area contributed by atoms with Gasteiger partial charge in [0.25, 0.3) is 5.91 Å². The van der Waals surface area contributed by atoms with E-state index in [1.807, 2.05) is 30.9 Å². The summed E-state index contributed by atoms with van der Waals surface area (Å²) < 4.78 is 0. The molecule has 2 unspecified atom stereocenters. The number of benzene rings is 1. The van der Waals surface area contributed by atoms with E-state index in [4.69, 9.17) is 0 Å². The van der Waals surface area contributed by atoms with E-state index in [9.17, 15) is 15.0 Å². The molecule has 1 aromatic carbocycles. The standard InChI is InChI=1S/C14H22N2O3/c1-10(8-17)16(11(2)9-18)13-6-4-12(5-7-13)14(19)15-3/h4-7,10-11,17-18H,8-9H2,1-3H3,(H,15,19).